The molecule has 3 aliphatic heterocycles. The Kier molecular flexibility index (Phi) is 7.86. The van der Waals surface area contributed by atoms with Crippen LogP contribution in [-0.4, -0.2) is 69.6 Å². The van der Waals surface area contributed by atoms with Gasteiger partial charge in [-0.3, -0.25) is 19.9 Å². The Morgan fingerprint density at radius 3 is 2.77 bits per heavy atom. The number of hydrazine groups is 1. The van der Waals surface area contributed by atoms with E-state index in [9.17, 15) is 4.79 Å². The molecule has 3 aliphatic rings. The van der Waals surface area contributed by atoms with E-state index in [1.165, 1.54) is 0 Å². The van der Waals surface area contributed by atoms with Gasteiger partial charge < -0.3 is 10.6 Å². The maximum atomic E-state index is 13.7. The fourth-order valence-electron chi connectivity index (χ4n) is 7.01. The number of halogens is 1. The number of aromatic nitrogens is 4. The number of aromatic amines is 1. The van der Waals surface area contributed by atoms with Gasteiger partial charge in [-0.15, -0.1) is 0 Å². The minimum Gasteiger partial charge on any atom is -0.312 e. The van der Waals surface area contributed by atoms with E-state index in [1.54, 1.807) is 18.6 Å². The SMILES string of the molecule is C[C@@H]1CCC[C@H](n2cnc(-c3cc(Cl)ccc3-c3cn[nH]c3)cc2=O)C2CC(CCN2)C2C(CNN2C)NC1. The molecule has 0 spiro atoms. The molecule has 39 heavy (non-hydrogen) atoms. The highest BCUT2D eigenvalue weighted by atomic mass is 35.5. The fourth-order valence-corrected chi connectivity index (χ4v) is 7.18. The smallest absolute Gasteiger partial charge is 0.254 e. The Hall–Kier alpha value is -2.56. The molecule has 0 aliphatic carbocycles. The summed E-state index contributed by atoms with van der Waals surface area (Å²) in [5.41, 5.74) is 6.86. The number of fused-ring (bicyclic) bond motifs is 4. The number of rotatable bonds is 3. The highest BCUT2D eigenvalue weighted by Gasteiger charge is 2.41. The van der Waals surface area contributed by atoms with Gasteiger partial charge in [0.05, 0.1) is 24.3 Å². The second-order valence-electron chi connectivity index (χ2n) is 11.6. The Bertz CT molecular complexity index is 1330. The van der Waals surface area contributed by atoms with Crippen LogP contribution in [0, 0.1) is 11.8 Å². The summed E-state index contributed by atoms with van der Waals surface area (Å²) in [6.45, 7) is 5.31. The van der Waals surface area contributed by atoms with Gasteiger partial charge in [0.25, 0.3) is 5.56 Å². The summed E-state index contributed by atoms with van der Waals surface area (Å²) in [5, 5.41) is 17.5. The number of H-pyrrole nitrogens is 1. The van der Waals surface area contributed by atoms with Crippen molar-refractivity contribution in [2.45, 2.75) is 63.2 Å². The molecule has 2 aromatic heterocycles. The van der Waals surface area contributed by atoms with Gasteiger partial charge in [0.1, 0.15) is 0 Å². The molecule has 6 atom stereocenters. The molecule has 3 fully saturated rings. The first-order valence-corrected chi connectivity index (χ1v) is 14.7. The molecule has 0 saturated carbocycles. The van der Waals surface area contributed by atoms with Gasteiger partial charge in [-0.05, 0) is 68.3 Å². The van der Waals surface area contributed by atoms with Crippen LogP contribution >= 0.6 is 11.6 Å². The quantitative estimate of drug-likeness (QED) is 0.396. The second kappa shape index (κ2) is 11.5. The zero-order chi connectivity index (χ0) is 26.9. The molecule has 3 saturated heterocycles. The summed E-state index contributed by atoms with van der Waals surface area (Å²) >= 11 is 6.37. The van der Waals surface area contributed by atoms with Crippen molar-refractivity contribution in [2.75, 3.05) is 26.7 Å². The van der Waals surface area contributed by atoms with Crippen molar-refractivity contribution in [3.05, 3.63) is 58.4 Å². The summed E-state index contributed by atoms with van der Waals surface area (Å²) in [6.07, 6.45) is 10.7. The molecule has 2 bridgehead atoms. The molecule has 208 valence electrons. The predicted molar refractivity (Wildman–Crippen MR) is 154 cm³/mol. The largest absolute Gasteiger partial charge is 0.312 e. The number of hydrogen-bond acceptors (Lipinski definition) is 7. The zero-order valence-corrected chi connectivity index (χ0v) is 23.5. The molecule has 3 aromatic rings. The predicted octanol–water partition coefficient (Wildman–Crippen LogP) is 3.46. The van der Waals surface area contributed by atoms with Crippen LogP contribution in [0.2, 0.25) is 5.02 Å². The average molecular weight is 551 g/mol. The van der Waals surface area contributed by atoms with E-state index in [4.69, 9.17) is 16.6 Å². The lowest BCUT2D eigenvalue weighted by Gasteiger charge is -2.42. The minimum atomic E-state index is -0.0219. The lowest BCUT2D eigenvalue weighted by Crippen LogP contribution is -2.54. The number of nitrogens with one attached hydrogen (secondary N) is 4. The summed E-state index contributed by atoms with van der Waals surface area (Å²) in [4.78, 5) is 18.6. The van der Waals surface area contributed by atoms with Crippen molar-refractivity contribution < 1.29 is 0 Å². The van der Waals surface area contributed by atoms with E-state index in [2.05, 4.69) is 45.2 Å². The number of likely N-dealkylation sites (N-methyl/N-ethyl adjacent to an activating group) is 1. The van der Waals surface area contributed by atoms with Gasteiger partial charge >= 0.3 is 0 Å². The third kappa shape index (κ3) is 5.56. The van der Waals surface area contributed by atoms with Gasteiger partial charge in [-0.25, -0.2) is 9.99 Å². The van der Waals surface area contributed by atoms with E-state index in [0.717, 1.165) is 68.4 Å². The molecular formula is C29H39ClN8O. The standard InChI is InChI=1S/C29H39ClN8O/c1-18-4-3-5-27(25-10-19(8-9-31-25)29-26(32-13-18)16-36-37(29)2)38-17-33-24(12-28(38)39)23-11-21(30)6-7-22(23)20-14-34-35-15-20/h6-7,11-12,14-15,17-19,25-27,29,31-32,36H,3-5,8-10,13,16H2,1-2H3,(H,34,35)/t18-,19?,25?,26?,27+,29?/m1/s1. The third-order valence-corrected chi connectivity index (χ3v) is 9.27. The van der Waals surface area contributed by atoms with Crippen LogP contribution in [0.3, 0.4) is 0 Å². The topological polar surface area (TPSA) is 103 Å². The molecule has 9 nitrogen and oxygen atoms in total. The van der Waals surface area contributed by atoms with Crippen molar-refractivity contribution in [2.24, 2.45) is 11.8 Å². The fraction of sp³-hybridized carbons (Fsp3) is 0.552. The normalized spacial score (nSPS) is 30.3. The van der Waals surface area contributed by atoms with E-state index in [-0.39, 0.29) is 17.6 Å². The Morgan fingerprint density at radius 2 is 1.95 bits per heavy atom. The summed E-state index contributed by atoms with van der Waals surface area (Å²) in [6, 6.07) is 8.53. The number of benzene rings is 1. The second-order valence-corrected chi connectivity index (χ2v) is 12.1. The van der Waals surface area contributed by atoms with Crippen molar-refractivity contribution in [1.82, 2.24) is 40.8 Å². The highest BCUT2D eigenvalue weighted by Crippen LogP contribution is 2.35. The summed E-state index contributed by atoms with van der Waals surface area (Å²) < 4.78 is 1.88. The Labute approximate surface area is 234 Å². The summed E-state index contributed by atoms with van der Waals surface area (Å²) in [5.74, 6) is 1.14. The van der Waals surface area contributed by atoms with Gasteiger partial charge in [-0.2, -0.15) is 5.10 Å². The number of nitrogens with zero attached hydrogens (tertiary/aromatic N) is 4. The van der Waals surface area contributed by atoms with Crippen molar-refractivity contribution >= 4 is 11.6 Å². The Morgan fingerprint density at radius 1 is 1.05 bits per heavy atom. The average Bonchev–Trinajstić information content (AvgIpc) is 3.60. The van der Waals surface area contributed by atoms with E-state index < -0.39 is 0 Å². The number of piperidine rings is 1. The minimum absolute atomic E-state index is 0.0219. The van der Waals surface area contributed by atoms with E-state index >= 15 is 0 Å². The summed E-state index contributed by atoms with van der Waals surface area (Å²) in [7, 11) is 2.18. The van der Waals surface area contributed by atoms with E-state index in [0.29, 0.717) is 34.6 Å². The van der Waals surface area contributed by atoms with Crippen molar-refractivity contribution in [3.8, 4) is 22.4 Å². The van der Waals surface area contributed by atoms with Crippen LogP contribution in [-0.2, 0) is 0 Å². The van der Waals surface area contributed by atoms with Gasteiger partial charge in [0.2, 0.25) is 0 Å². The van der Waals surface area contributed by atoms with Crippen LogP contribution in [0.25, 0.3) is 22.4 Å². The first kappa shape index (κ1) is 26.7. The molecule has 0 amide bonds. The van der Waals surface area contributed by atoms with Crippen molar-refractivity contribution in [3.63, 3.8) is 0 Å². The van der Waals surface area contributed by atoms with Crippen LogP contribution in [0.1, 0.15) is 45.1 Å². The Balaban J connectivity index is 1.33. The molecule has 5 heterocycles. The maximum absolute atomic E-state index is 13.7. The molecule has 4 unspecified atom stereocenters. The third-order valence-electron chi connectivity index (χ3n) is 9.03. The first-order valence-electron chi connectivity index (χ1n) is 14.3. The molecular weight excluding hydrogens is 512 g/mol. The van der Waals surface area contributed by atoms with Crippen LogP contribution in [0.4, 0.5) is 0 Å². The zero-order valence-electron chi connectivity index (χ0n) is 22.7. The highest BCUT2D eigenvalue weighted by molar-refractivity contribution is 6.31. The van der Waals surface area contributed by atoms with E-state index in [1.807, 2.05) is 29.0 Å². The maximum Gasteiger partial charge on any atom is 0.254 e. The molecule has 0 radical (unpaired) electrons. The number of hydrogen-bond donors (Lipinski definition) is 4. The van der Waals surface area contributed by atoms with Crippen LogP contribution < -0.4 is 21.6 Å². The van der Waals surface area contributed by atoms with Crippen LogP contribution in [0.15, 0.2) is 47.8 Å². The van der Waals surface area contributed by atoms with Crippen molar-refractivity contribution in [1.29, 1.82) is 0 Å². The van der Waals surface area contributed by atoms with Gasteiger partial charge in [0, 0.05) is 60.1 Å². The van der Waals surface area contributed by atoms with Gasteiger partial charge in [0.15, 0.2) is 0 Å². The molecule has 4 N–H and O–H groups in total. The lowest BCUT2D eigenvalue weighted by molar-refractivity contribution is 0.108. The van der Waals surface area contributed by atoms with Crippen LogP contribution in [0.5, 0.6) is 0 Å². The molecule has 1 aromatic carbocycles. The molecule has 6 rings (SSSR count). The molecule has 10 heteroatoms. The monoisotopic (exact) mass is 550 g/mol. The lowest BCUT2D eigenvalue weighted by atomic mass is 9.80. The van der Waals surface area contributed by atoms with Gasteiger partial charge in [-0.1, -0.05) is 31.0 Å². The first-order chi connectivity index (χ1) is 19.0.